The third kappa shape index (κ3) is 1.37. The smallest absolute Gasteiger partial charge is 0.149 e. The van der Waals surface area contributed by atoms with E-state index in [0.717, 1.165) is 4.47 Å². The van der Waals surface area contributed by atoms with Crippen LogP contribution in [-0.4, -0.2) is 4.98 Å². The van der Waals surface area contributed by atoms with E-state index in [1.54, 1.807) is 12.3 Å². The highest BCUT2D eigenvalue weighted by molar-refractivity contribution is 9.10. The van der Waals surface area contributed by atoms with Crippen molar-refractivity contribution in [1.82, 2.24) is 4.98 Å². The Labute approximate surface area is 82.7 Å². The van der Waals surface area contributed by atoms with Gasteiger partial charge in [0, 0.05) is 21.7 Å². The number of aromatic nitrogens is 1. The van der Waals surface area contributed by atoms with E-state index in [-0.39, 0.29) is 5.82 Å². The van der Waals surface area contributed by atoms with E-state index in [4.69, 9.17) is 5.73 Å². The van der Waals surface area contributed by atoms with Crippen molar-refractivity contribution in [3.8, 4) is 0 Å². The molecule has 0 saturated heterocycles. The molecule has 13 heavy (non-hydrogen) atoms. The number of pyridine rings is 1. The Morgan fingerprint density at radius 2 is 2.15 bits per heavy atom. The fraction of sp³-hybridized carbons (Fsp3) is 0. The Kier molecular flexibility index (Phi) is 1.92. The molecule has 1 aromatic carbocycles. The van der Waals surface area contributed by atoms with Crippen molar-refractivity contribution >= 4 is 32.5 Å². The van der Waals surface area contributed by atoms with Crippen LogP contribution in [0, 0.1) is 5.82 Å². The lowest BCUT2D eigenvalue weighted by atomic mass is 10.2. The molecule has 0 aliphatic heterocycles. The van der Waals surface area contributed by atoms with Crippen LogP contribution in [0.2, 0.25) is 0 Å². The van der Waals surface area contributed by atoms with Gasteiger partial charge in [0.25, 0.3) is 0 Å². The van der Waals surface area contributed by atoms with Gasteiger partial charge in [-0.3, -0.25) is 4.98 Å². The minimum atomic E-state index is -0.350. The van der Waals surface area contributed by atoms with E-state index in [2.05, 4.69) is 20.9 Å². The summed E-state index contributed by atoms with van der Waals surface area (Å²) in [6.45, 7) is 0. The first-order valence-corrected chi connectivity index (χ1v) is 4.47. The van der Waals surface area contributed by atoms with Gasteiger partial charge >= 0.3 is 0 Å². The molecule has 0 saturated carbocycles. The summed E-state index contributed by atoms with van der Waals surface area (Å²) in [6.07, 6.45) is 1.55. The molecule has 0 spiro atoms. The lowest BCUT2D eigenvalue weighted by Gasteiger charge is -2.02. The molecule has 2 rings (SSSR count). The van der Waals surface area contributed by atoms with Gasteiger partial charge in [-0.05, 0) is 34.1 Å². The minimum Gasteiger partial charge on any atom is -0.398 e. The van der Waals surface area contributed by atoms with Crippen LogP contribution in [0.25, 0.3) is 10.9 Å². The highest BCUT2D eigenvalue weighted by Crippen LogP contribution is 2.24. The van der Waals surface area contributed by atoms with Crippen LogP contribution < -0.4 is 5.73 Å². The first-order valence-electron chi connectivity index (χ1n) is 3.68. The summed E-state index contributed by atoms with van der Waals surface area (Å²) in [5, 5.41) is 0.634. The fourth-order valence-electron chi connectivity index (χ4n) is 1.18. The van der Waals surface area contributed by atoms with Crippen LogP contribution in [0.3, 0.4) is 0 Å². The second kappa shape index (κ2) is 2.96. The number of rotatable bonds is 0. The van der Waals surface area contributed by atoms with Gasteiger partial charge in [-0.25, -0.2) is 4.39 Å². The maximum atomic E-state index is 13.2. The number of hydrogen-bond acceptors (Lipinski definition) is 2. The summed E-state index contributed by atoms with van der Waals surface area (Å²) in [7, 11) is 0. The van der Waals surface area contributed by atoms with Crippen molar-refractivity contribution in [1.29, 1.82) is 0 Å². The molecule has 0 bridgehead atoms. The van der Waals surface area contributed by atoms with Gasteiger partial charge in [-0.15, -0.1) is 0 Å². The molecule has 0 unspecified atom stereocenters. The molecular formula is C9H6BrFN2. The van der Waals surface area contributed by atoms with E-state index in [9.17, 15) is 4.39 Å². The predicted molar refractivity (Wildman–Crippen MR) is 53.8 cm³/mol. The van der Waals surface area contributed by atoms with Crippen molar-refractivity contribution in [2.24, 2.45) is 0 Å². The van der Waals surface area contributed by atoms with Crippen molar-refractivity contribution in [3.63, 3.8) is 0 Å². The Hall–Kier alpha value is -1.16. The molecular weight excluding hydrogens is 235 g/mol. The van der Waals surface area contributed by atoms with Crippen molar-refractivity contribution in [2.45, 2.75) is 0 Å². The minimum absolute atomic E-state index is 0.309. The SMILES string of the molecule is Nc1ccc(F)c2ncc(Br)cc12. The molecule has 0 aliphatic carbocycles. The maximum absolute atomic E-state index is 13.2. The normalized spacial score (nSPS) is 10.6. The lowest BCUT2D eigenvalue weighted by molar-refractivity contribution is 0.637. The Morgan fingerprint density at radius 3 is 2.92 bits per heavy atom. The van der Waals surface area contributed by atoms with Crippen LogP contribution in [-0.2, 0) is 0 Å². The summed E-state index contributed by atoms with van der Waals surface area (Å²) in [5.41, 5.74) is 6.51. The molecule has 0 amide bonds. The standard InChI is InChI=1S/C9H6BrFN2/c10-5-3-6-8(12)2-1-7(11)9(6)13-4-5/h1-4H,12H2. The van der Waals surface area contributed by atoms with Gasteiger partial charge < -0.3 is 5.73 Å². The van der Waals surface area contributed by atoms with Crippen molar-refractivity contribution < 1.29 is 4.39 Å². The van der Waals surface area contributed by atoms with Gasteiger partial charge in [0.15, 0.2) is 0 Å². The third-order valence-electron chi connectivity index (χ3n) is 1.80. The summed E-state index contributed by atoms with van der Waals surface area (Å²) in [5.74, 6) is -0.350. The summed E-state index contributed by atoms with van der Waals surface area (Å²) >= 11 is 3.25. The van der Waals surface area contributed by atoms with Crippen LogP contribution in [0.1, 0.15) is 0 Å². The van der Waals surface area contributed by atoms with Crippen LogP contribution >= 0.6 is 15.9 Å². The van der Waals surface area contributed by atoms with Crippen molar-refractivity contribution in [2.75, 3.05) is 5.73 Å². The zero-order valence-corrected chi connectivity index (χ0v) is 8.18. The average molecular weight is 241 g/mol. The molecule has 1 heterocycles. The number of nitrogen functional groups attached to an aromatic ring is 1. The molecule has 0 fully saturated rings. The quantitative estimate of drug-likeness (QED) is 0.720. The number of nitrogens with two attached hydrogens (primary N) is 1. The van der Waals surface area contributed by atoms with Crippen LogP contribution in [0.15, 0.2) is 28.9 Å². The van der Waals surface area contributed by atoms with E-state index in [0.29, 0.717) is 16.6 Å². The average Bonchev–Trinajstić information content (AvgIpc) is 2.12. The van der Waals surface area contributed by atoms with Gasteiger partial charge in [-0.1, -0.05) is 0 Å². The number of anilines is 1. The predicted octanol–water partition coefficient (Wildman–Crippen LogP) is 2.72. The zero-order chi connectivity index (χ0) is 9.42. The number of halogens is 2. The van der Waals surface area contributed by atoms with E-state index >= 15 is 0 Å². The number of nitrogens with zero attached hydrogens (tertiary/aromatic N) is 1. The lowest BCUT2D eigenvalue weighted by Crippen LogP contribution is -1.91. The highest BCUT2D eigenvalue weighted by Gasteiger charge is 2.04. The molecule has 66 valence electrons. The largest absolute Gasteiger partial charge is 0.398 e. The molecule has 0 radical (unpaired) electrons. The third-order valence-corrected chi connectivity index (χ3v) is 2.23. The second-order valence-corrected chi connectivity index (χ2v) is 3.60. The van der Waals surface area contributed by atoms with E-state index in [1.165, 1.54) is 12.1 Å². The van der Waals surface area contributed by atoms with Gasteiger partial charge in [0.2, 0.25) is 0 Å². The van der Waals surface area contributed by atoms with E-state index in [1.807, 2.05) is 0 Å². The second-order valence-electron chi connectivity index (χ2n) is 2.69. The number of hydrogen-bond donors (Lipinski definition) is 1. The first-order chi connectivity index (χ1) is 6.18. The molecule has 2 N–H and O–H groups in total. The molecule has 2 aromatic rings. The number of fused-ring (bicyclic) bond motifs is 1. The van der Waals surface area contributed by atoms with Gasteiger partial charge in [0.1, 0.15) is 11.3 Å². The Bertz CT molecular complexity index is 470. The molecule has 0 aliphatic rings. The Morgan fingerprint density at radius 1 is 1.38 bits per heavy atom. The molecule has 0 atom stereocenters. The fourth-order valence-corrected chi connectivity index (χ4v) is 1.51. The maximum Gasteiger partial charge on any atom is 0.149 e. The summed E-state index contributed by atoms with van der Waals surface area (Å²) in [4.78, 5) is 3.94. The van der Waals surface area contributed by atoms with Crippen LogP contribution in [0.4, 0.5) is 10.1 Å². The van der Waals surface area contributed by atoms with Gasteiger partial charge in [-0.2, -0.15) is 0 Å². The monoisotopic (exact) mass is 240 g/mol. The molecule has 2 nitrogen and oxygen atoms in total. The first kappa shape index (κ1) is 8.44. The topological polar surface area (TPSA) is 38.9 Å². The highest BCUT2D eigenvalue weighted by atomic mass is 79.9. The Balaban J connectivity index is 2.92. The summed E-state index contributed by atoms with van der Waals surface area (Å²) < 4.78 is 14.0. The van der Waals surface area contributed by atoms with Gasteiger partial charge in [0.05, 0.1) is 0 Å². The summed E-state index contributed by atoms with van der Waals surface area (Å²) in [6, 6.07) is 4.60. The van der Waals surface area contributed by atoms with E-state index < -0.39 is 0 Å². The molecule has 1 aromatic heterocycles. The molecule has 4 heteroatoms. The number of benzene rings is 1. The zero-order valence-electron chi connectivity index (χ0n) is 6.59. The van der Waals surface area contributed by atoms with Crippen molar-refractivity contribution in [3.05, 3.63) is 34.7 Å². The van der Waals surface area contributed by atoms with Crippen LogP contribution in [0.5, 0.6) is 0 Å².